The van der Waals surface area contributed by atoms with E-state index in [-0.39, 0.29) is 5.56 Å². The molecule has 0 amide bonds. The van der Waals surface area contributed by atoms with Crippen molar-refractivity contribution in [3.8, 4) is 0 Å². The second-order valence-electron chi connectivity index (χ2n) is 7.09. The highest BCUT2D eigenvalue weighted by molar-refractivity contribution is 5.78. The number of esters is 4. The fraction of sp³-hybridized carbons (Fsp3) is 0.450. The van der Waals surface area contributed by atoms with Gasteiger partial charge in [-0.1, -0.05) is 6.07 Å². The Morgan fingerprint density at radius 1 is 1.06 bits per heavy atom. The van der Waals surface area contributed by atoms with Gasteiger partial charge in [0.25, 0.3) is 5.69 Å². The van der Waals surface area contributed by atoms with Gasteiger partial charge in [-0.25, -0.2) is 4.79 Å². The van der Waals surface area contributed by atoms with Crippen LogP contribution in [0.2, 0.25) is 0 Å². The summed E-state index contributed by atoms with van der Waals surface area (Å²) in [7, 11) is 0.940. The Morgan fingerprint density at radius 3 is 2.09 bits per heavy atom. The molecule has 5 atom stereocenters. The second kappa shape index (κ2) is 10.4. The van der Waals surface area contributed by atoms with E-state index in [0.717, 1.165) is 46.1 Å². The van der Waals surface area contributed by atoms with Gasteiger partial charge in [0.2, 0.25) is 11.9 Å². The van der Waals surface area contributed by atoms with Crippen LogP contribution in [0.1, 0.15) is 36.7 Å². The normalized spacial score (nSPS) is 26.0. The van der Waals surface area contributed by atoms with Gasteiger partial charge in [0.15, 0.2) is 18.3 Å². The van der Waals surface area contributed by atoms with Crippen LogP contribution in [0.3, 0.4) is 0 Å². The number of rotatable bonds is 7. The van der Waals surface area contributed by atoms with E-state index in [1.165, 1.54) is 0 Å². The van der Waals surface area contributed by atoms with Gasteiger partial charge in [-0.3, -0.25) is 29.3 Å². The standard InChI is InChI=1S/C20H21NO13/c1-9(23)31-15-16(32-10(2)24)18(33-11(3)25)20(27,34-17(15)19(26)30-4)13-6-5-12(8-22)7-14(13)21(28)29/h5-8,15-18,27H,1-4H3/t15-,16-,17-,18+,20+/m0/s1. The SMILES string of the molecule is COC(=O)[C@H]1O[C@](O)(c2ccc(C=O)cc2[N+](=O)[O-])[C@H](OC(C)=O)[C@@H](OC(C)=O)[C@@H]1OC(C)=O. The van der Waals surface area contributed by atoms with Crippen molar-refractivity contribution in [1.29, 1.82) is 0 Å². The summed E-state index contributed by atoms with van der Waals surface area (Å²) in [6.07, 6.45) is -7.41. The molecule has 0 radical (unpaired) electrons. The third-order valence-corrected chi connectivity index (χ3v) is 4.68. The van der Waals surface area contributed by atoms with Crippen molar-refractivity contribution in [3.05, 3.63) is 39.4 Å². The molecule has 0 unspecified atom stereocenters. The monoisotopic (exact) mass is 483 g/mol. The summed E-state index contributed by atoms with van der Waals surface area (Å²) in [4.78, 5) is 69.8. The van der Waals surface area contributed by atoms with Crippen molar-refractivity contribution in [1.82, 2.24) is 0 Å². The van der Waals surface area contributed by atoms with Gasteiger partial charge in [-0.05, 0) is 6.07 Å². The van der Waals surface area contributed by atoms with Crippen LogP contribution >= 0.6 is 0 Å². The lowest BCUT2D eigenvalue weighted by atomic mass is 9.86. The predicted octanol–water partition coefficient (Wildman–Crippen LogP) is -0.0807. The van der Waals surface area contributed by atoms with Gasteiger partial charge in [0, 0.05) is 32.4 Å². The Hall–Kier alpha value is -3.91. The maximum atomic E-state index is 12.5. The molecule has 1 heterocycles. The maximum absolute atomic E-state index is 12.5. The van der Waals surface area contributed by atoms with Gasteiger partial charge >= 0.3 is 23.9 Å². The van der Waals surface area contributed by atoms with E-state index in [1.807, 2.05) is 0 Å². The smallest absolute Gasteiger partial charge is 0.339 e. The molecule has 1 fully saturated rings. The number of hydrogen-bond acceptors (Lipinski definition) is 13. The number of hydrogen-bond donors (Lipinski definition) is 1. The van der Waals surface area contributed by atoms with Crippen molar-refractivity contribution in [2.45, 2.75) is 51.0 Å². The number of carbonyl (C=O) groups excluding carboxylic acids is 5. The topological polar surface area (TPSA) is 195 Å². The van der Waals surface area contributed by atoms with Gasteiger partial charge in [0.1, 0.15) is 6.29 Å². The summed E-state index contributed by atoms with van der Waals surface area (Å²) in [6, 6.07) is 2.83. The Morgan fingerprint density at radius 2 is 1.62 bits per heavy atom. The summed E-state index contributed by atoms with van der Waals surface area (Å²) in [6.45, 7) is 2.82. The van der Waals surface area contributed by atoms with Crippen LogP contribution in [0.25, 0.3) is 0 Å². The van der Waals surface area contributed by atoms with Gasteiger partial charge in [0.05, 0.1) is 17.6 Å². The zero-order valence-corrected chi connectivity index (χ0v) is 18.4. The van der Waals surface area contributed by atoms with E-state index >= 15 is 0 Å². The first-order chi connectivity index (χ1) is 15.8. The highest BCUT2D eigenvalue weighted by atomic mass is 16.7. The van der Waals surface area contributed by atoms with Crippen molar-refractivity contribution in [2.24, 2.45) is 0 Å². The minimum Gasteiger partial charge on any atom is -0.467 e. The average Bonchev–Trinajstić information content (AvgIpc) is 2.76. The molecule has 14 nitrogen and oxygen atoms in total. The summed E-state index contributed by atoms with van der Waals surface area (Å²) < 4.78 is 25.4. The van der Waals surface area contributed by atoms with Crippen LogP contribution in [-0.2, 0) is 48.6 Å². The van der Waals surface area contributed by atoms with Crippen molar-refractivity contribution in [2.75, 3.05) is 7.11 Å². The maximum Gasteiger partial charge on any atom is 0.339 e. The molecule has 1 aromatic rings. The summed E-state index contributed by atoms with van der Waals surface area (Å²) in [5.41, 5.74) is -1.64. The number of nitro benzene ring substituents is 1. The molecule has 0 saturated carbocycles. The zero-order chi connectivity index (χ0) is 25.8. The van der Waals surface area contributed by atoms with Crippen LogP contribution < -0.4 is 0 Å². The lowest BCUT2D eigenvalue weighted by molar-refractivity contribution is -0.395. The van der Waals surface area contributed by atoms with Crippen molar-refractivity contribution >= 4 is 35.9 Å². The lowest BCUT2D eigenvalue weighted by Crippen LogP contribution is -2.67. The number of ether oxygens (including phenoxy) is 5. The van der Waals surface area contributed by atoms with Crippen LogP contribution in [0, 0.1) is 10.1 Å². The number of benzene rings is 1. The zero-order valence-electron chi connectivity index (χ0n) is 18.4. The number of nitrogens with zero attached hydrogens (tertiary/aromatic N) is 1. The minimum atomic E-state index is -3.01. The molecule has 1 aromatic carbocycles. The molecule has 1 aliphatic heterocycles. The molecule has 1 aliphatic rings. The molecular weight excluding hydrogens is 462 g/mol. The first-order valence-electron chi connectivity index (χ1n) is 9.59. The summed E-state index contributed by atoms with van der Waals surface area (Å²) >= 11 is 0. The van der Waals surface area contributed by atoms with E-state index in [9.17, 15) is 39.2 Å². The predicted molar refractivity (Wildman–Crippen MR) is 106 cm³/mol. The number of aliphatic hydroxyl groups is 1. The second-order valence-corrected chi connectivity index (χ2v) is 7.09. The van der Waals surface area contributed by atoms with E-state index in [2.05, 4.69) is 4.74 Å². The number of aldehydes is 1. The van der Waals surface area contributed by atoms with Gasteiger partial charge in [-0.2, -0.15) is 0 Å². The van der Waals surface area contributed by atoms with E-state index in [0.29, 0.717) is 6.29 Å². The van der Waals surface area contributed by atoms with Gasteiger partial charge < -0.3 is 28.8 Å². The summed E-state index contributed by atoms with van der Waals surface area (Å²) in [5, 5.41) is 23.3. The Balaban J connectivity index is 2.85. The number of methoxy groups -OCH3 is 1. The molecule has 14 heteroatoms. The Labute approximate surface area is 191 Å². The first-order valence-corrected chi connectivity index (χ1v) is 9.59. The largest absolute Gasteiger partial charge is 0.467 e. The lowest BCUT2D eigenvalue weighted by Gasteiger charge is -2.47. The summed E-state index contributed by atoms with van der Waals surface area (Å²) in [5.74, 6) is -7.24. The minimum absolute atomic E-state index is 0.141. The first kappa shape index (κ1) is 26.3. The fourth-order valence-corrected chi connectivity index (χ4v) is 3.45. The molecule has 0 bridgehead atoms. The highest BCUT2D eigenvalue weighted by Crippen LogP contribution is 2.44. The quantitative estimate of drug-likeness (QED) is 0.178. The van der Waals surface area contributed by atoms with Crippen molar-refractivity contribution in [3.63, 3.8) is 0 Å². The molecule has 0 spiro atoms. The van der Waals surface area contributed by atoms with E-state index in [1.54, 1.807) is 0 Å². The fourth-order valence-electron chi connectivity index (χ4n) is 3.45. The molecule has 1 saturated heterocycles. The highest BCUT2D eigenvalue weighted by Gasteiger charge is 2.63. The number of nitro groups is 1. The molecule has 0 aromatic heterocycles. The third-order valence-electron chi connectivity index (χ3n) is 4.68. The molecule has 1 N–H and O–H groups in total. The molecule has 2 rings (SSSR count). The van der Waals surface area contributed by atoms with Crippen LogP contribution in [0.15, 0.2) is 18.2 Å². The molecule has 34 heavy (non-hydrogen) atoms. The van der Waals surface area contributed by atoms with Crippen LogP contribution in [-0.4, -0.2) is 71.7 Å². The average molecular weight is 483 g/mol. The van der Waals surface area contributed by atoms with Gasteiger partial charge in [-0.15, -0.1) is 0 Å². The number of carbonyl (C=O) groups is 5. The van der Waals surface area contributed by atoms with Crippen LogP contribution in [0.5, 0.6) is 0 Å². The molecular formula is C20H21NO13. The molecule has 0 aliphatic carbocycles. The van der Waals surface area contributed by atoms with Crippen molar-refractivity contribution < 1.29 is 57.7 Å². The Kier molecular flexibility index (Phi) is 8.02. The van der Waals surface area contributed by atoms with Crippen LogP contribution in [0.4, 0.5) is 5.69 Å². The van der Waals surface area contributed by atoms with E-state index < -0.39 is 70.3 Å². The van der Waals surface area contributed by atoms with E-state index in [4.69, 9.17) is 18.9 Å². The Bertz CT molecular complexity index is 1020. The molecule has 184 valence electrons. The third kappa shape index (κ3) is 5.35.